The second-order valence-corrected chi connectivity index (χ2v) is 7.05. The van der Waals surface area contributed by atoms with Crippen LogP contribution >= 0.6 is 0 Å². The third-order valence-electron chi connectivity index (χ3n) is 4.91. The van der Waals surface area contributed by atoms with Crippen molar-refractivity contribution in [2.75, 3.05) is 7.11 Å². The Morgan fingerprint density at radius 3 is 2.27 bits per heavy atom. The Balaban J connectivity index is 2.13. The van der Waals surface area contributed by atoms with Gasteiger partial charge in [-0.15, -0.1) is 0 Å². The predicted molar refractivity (Wildman–Crippen MR) is 98.3 cm³/mol. The standard InChI is InChI=1S/C20H28N2O4/c1-14-7-9-16(10-8-14)17(21-15(2)23)13-18(24)22-20(19(25)26-3)11-5-4-6-12-20/h7-10,17H,4-6,11-13H2,1-3H3,(H,21,23)(H,22,24). The summed E-state index contributed by atoms with van der Waals surface area (Å²) >= 11 is 0. The van der Waals surface area contributed by atoms with Crippen molar-refractivity contribution in [1.82, 2.24) is 10.6 Å². The summed E-state index contributed by atoms with van der Waals surface area (Å²) in [5, 5.41) is 5.73. The number of hydrogen-bond donors (Lipinski definition) is 2. The van der Waals surface area contributed by atoms with Crippen molar-refractivity contribution >= 4 is 17.8 Å². The van der Waals surface area contributed by atoms with E-state index in [9.17, 15) is 14.4 Å². The zero-order valence-corrected chi connectivity index (χ0v) is 15.8. The highest BCUT2D eigenvalue weighted by Crippen LogP contribution is 2.30. The van der Waals surface area contributed by atoms with E-state index in [1.165, 1.54) is 14.0 Å². The molecule has 0 saturated heterocycles. The van der Waals surface area contributed by atoms with Crippen molar-refractivity contribution in [3.05, 3.63) is 35.4 Å². The summed E-state index contributed by atoms with van der Waals surface area (Å²) in [5.41, 5.74) is 1.02. The molecule has 1 fully saturated rings. The number of ether oxygens (including phenoxy) is 1. The van der Waals surface area contributed by atoms with Gasteiger partial charge < -0.3 is 15.4 Å². The van der Waals surface area contributed by atoms with Crippen LogP contribution in [0.3, 0.4) is 0 Å². The van der Waals surface area contributed by atoms with Crippen molar-refractivity contribution in [2.45, 2.75) is 64.0 Å². The van der Waals surface area contributed by atoms with Gasteiger partial charge in [0.05, 0.1) is 19.6 Å². The Morgan fingerprint density at radius 2 is 1.73 bits per heavy atom. The number of rotatable bonds is 6. The molecule has 0 spiro atoms. The first-order valence-corrected chi connectivity index (χ1v) is 9.09. The SMILES string of the molecule is COC(=O)C1(NC(=O)CC(NC(C)=O)c2ccc(C)cc2)CCCCC1. The minimum atomic E-state index is -0.946. The average Bonchev–Trinajstić information content (AvgIpc) is 2.61. The van der Waals surface area contributed by atoms with Gasteiger partial charge in [-0.05, 0) is 25.3 Å². The van der Waals surface area contributed by atoms with E-state index in [0.29, 0.717) is 12.8 Å². The van der Waals surface area contributed by atoms with Crippen LogP contribution in [0.4, 0.5) is 0 Å². The molecule has 6 nitrogen and oxygen atoms in total. The summed E-state index contributed by atoms with van der Waals surface area (Å²) in [6.07, 6.45) is 4.04. The van der Waals surface area contributed by atoms with Crippen LogP contribution in [0, 0.1) is 6.92 Å². The zero-order valence-electron chi connectivity index (χ0n) is 15.8. The quantitative estimate of drug-likeness (QED) is 0.764. The van der Waals surface area contributed by atoms with E-state index < -0.39 is 17.6 Å². The van der Waals surface area contributed by atoms with Crippen molar-refractivity contribution < 1.29 is 19.1 Å². The van der Waals surface area contributed by atoms with Crippen LogP contribution in [0.2, 0.25) is 0 Å². The molecule has 1 saturated carbocycles. The van der Waals surface area contributed by atoms with Gasteiger partial charge >= 0.3 is 5.97 Å². The van der Waals surface area contributed by atoms with Gasteiger partial charge in [0.1, 0.15) is 5.54 Å². The van der Waals surface area contributed by atoms with Crippen molar-refractivity contribution in [3.8, 4) is 0 Å². The van der Waals surface area contributed by atoms with E-state index in [1.807, 2.05) is 31.2 Å². The molecule has 1 aromatic rings. The number of methoxy groups -OCH3 is 1. The Morgan fingerprint density at radius 1 is 1.12 bits per heavy atom. The van der Waals surface area contributed by atoms with E-state index in [1.54, 1.807) is 0 Å². The molecule has 1 aromatic carbocycles. The van der Waals surface area contributed by atoms with E-state index in [-0.39, 0.29) is 18.2 Å². The van der Waals surface area contributed by atoms with Crippen LogP contribution < -0.4 is 10.6 Å². The lowest BCUT2D eigenvalue weighted by atomic mass is 9.81. The Hall–Kier alpha value is -2.37. The molecule has 2 rings (SSSR count). The van der Waals surface area contributed by atoms with Gasteiger partial charge in [0, 0.05) is 6.92 Å². The lowest BCUT2D eigenvalue weighted by Crippen LogP contribution is -2.56. The molecule has 2 N–H and O–H groups in total. The van der Waals surface area contributed by atoms with Crippen molar-refractivity contribution in [3.63, 3.8) is 0 Å². The normalized spacial score (nSPS) is 17.0. The lowest BCUT2D eigenvalue weighted by Gasteiger charge is -2.35. The highest BCUT2D eigenvalue weighted by Gasteiger charge is 2.42. The van der Waals surface area contributed by atoms with E-state index in [0.717, 1.165) is 30.4 Å². The largest absolute Gasteiger partial charge is 0.467 e. The molecule has 1 aliphatic rings. The minimum absolute atomic E-state index is 0.0708. The van der Waals surface area contributed by atoms with Crippen LogP contribution in [0.5, 0.6) is 0 Å². The number of aryl methyl sites for hydroxylation is 1. The number of carbonyl (C=O) groups excluding carboxylic acids is 3. The van der Waals surface area contributed by atoms with Crippen LogP contribution in [-0.2, 0) is 19.1 Å². The molecule has 142 valence electrons. The average molecular weight is 360 g/mol. The maximum absolute atomic E-state index is 12.7. The second kappa shape index (κ2) is 8.83. The topological polar surface area (TPSA) is 84.5 Å². The van der Waals surface area contributed by atoms with Gasteiger partial charge in [0.15, 0.2) is 0 Å². The summed E-state index contributed by atoms with van der Waals surface area (Å²) in [5.74, 6) is -0.864. The number of carbonyl (C=O) groups is 3. The number of nitrogens with one attached hydrogen (secondary N) is 2. The van der Waals surface area contributed by atoms with Crippen LogP contribution in [0.1, 0.15) is 62.6 Å². The number of benzene rings is 1. The Bertz CT molecular complexity index is 648. The third kappa shape index (κ3) is 5.07. The van der Waals surface area contributed by atoms with Crippen LogP contribution in [0.25, 0.3) is 0 Å². The van der Waals surface area contributed by atoms with Crippen molar-refractivity contribution in [2.24, 2.45) is 0 Å². The van der Waals surface area contributed by atoms with Crippen molar-refractivity contribution in [1.29, 1.82) is 0 Å². The highest BCUT2D eigenvalue weighted by molar-refractivity contribution is 5.88. The van der Waals surface area contributed by atoms with E-state index >= 15 is 0 Å². The monoisotopic (exact) mass is 360 g/mol. The Labute approximate surface area is 154 Å². The fraction of sp³-hybridized carbons (Fsp3) is 0.550. The maximum atomic E-state index is 12.7. The molecular formula is C20H28N2O4. The summed E-state index contributed by atoms with van der Waals surface area (Å²) in [6.45, 7) is 3.41. The second-order valence-electron chi connectivity index (χ2n) is 7.05. The molecule has 2 amide bonds. The molecule has 1 aliphatic carbocycles. The number of esters is 1. The molecule has 1 unspecified atom stereocenters. The van der Waals surface area contributed by atoms with E-state index in [4.69, 9.17) is 4.74 Å². The predicted octanol–water partition coefficient (Wildman–Crippen LogP) is 2.55. The van der Waals surface area contributed by atoms with Gasteiger partial charge in [-0.2, -0.15) is 0 Å². The lowest BCUT2D eigenvalue weighted by molar-refractivity contribution is -0.152. The van der Waals surface area contributed by atoms with Gasteiger partial charge in [-0.1, -0.05) is 49.1 Å². The van der Waals surface area contributed by atoms with Crippen LogP contribution in [0.15, 0.2) is 24.3 Å². The fourth-order valence-corrected chi connectivity index (χ4v) is 3.53. The van der Waals surface area contributed by atoms with Gasteiger partial charge in [0.2, 0.25) is 11.8 Å². The summed E-state index contributed by atoms with van der Waals surface area (Å²) < 4.78 is 4.94. The van der Waals surface area contributed by atoms with Gasteiger partial charge in [-0.3, -0.25) is 9.59 Å². The summed E-state index contributed by atoms with van der Waals surface area (Å²) in [4.78, 5) is 36.6. The molecule has 1 atom stereocenters. The third-order valence-corrected chi connectivity index (χ3v) is 4.91. The molecule has 6 heteroatoms. The molecule has 0 aliphatic heterocycles. The van der Waals surface area contributed by atoms with Crippen LogP contribution in [-0.4, -0.2) is 30.4 Å². The fourth-order valence-electron chi connectivity index (χ4n) is 3.53. The first-order chi connectivity index (χ1) is 12.4. The van der Waals surface area contributed by atoms with Gasteiger partial charge in [0.25, 0.3) is 0 Å². The molecule has 0 radical (unpaired) electrons. The molecule has 0 heterocycles. The smallest absolute Gasteiger partial charge is 0.331 e. The summed E-state index contributed by atoms with van der Waals surface area (Å²) in [6, 6.07) is 7.25. The highest BCUT2D eigenvalue weighted by atomic mass is 16.5. The zero-order chi connectivity index (χ0) is 19.2. The maximum Gasteiger partial charge on any atom is 0.331 e. The van der Waals surface area contributed by atoms with Gasteiger partial charge in [-0.25, -0.2) is 4.79 Å². The number of amides is 2. The first kappa shape index (κ1) is 19.9. The summed E-state index contributed by atoms with van der Waals surface area (Å²) in [7, 11) is 1.34. The molecule has 0 aromatic heterocycles. The minimum Gasteiger partial charge on any atom is -0.467 e. The number of hydrogen-bond acceptors (Lipinski definition) is 4. The molecular weight excluding hydrogens is 332 g/mol. The molecule has 26 heavy (non-hydrogen) atoms. The molecule has 0 bridgehead atoms. The Kier molecular flexibility index (Phi) is 6.77. The van der Waals surface area contributed by atoms with E-state index in [2.05, 4.69) is 10.6 Å². The first-order valence-electron chi connectivity index (χ1n) is 9.09.